The number of rotatable bonds is 3. The summed E-state index contributed by atoms with van der Waals surface area (Å²) in [5.41, 5.74) is 5.70. The Kier molecular flexibility index (Phi) is 3.17. The largest absolute Gasteiger partial charge is 0.374 e. The van der Waals surface area contributed by atoms with Crippen molar-refractivity contribution >= 4 is 21.4 Å². The first-order valence-electron chi connectivity index (χ1n) is 6.44. The number of likely N-dealkylation sites (tertiary alicyclic amines) is 1. The third-order valence-corrected chi connectivity index (χ3v) is 4.18. The number of aromatic nitrogens is 4. The van der Waals surface area contributed by atoms with Gasteiger partial charge in [-0.3, -0.25) is 0 Å². The summed E-state index contributed by atoms with van der Waals surface area (Å²) in [4.78, 5) is 3.29. The lowest BCUT2D eigenvalue weighted by molar-refractivity contribution is 0.216. The number of fused-ring (bicyclic) bond motifs is 1. The molecule has 0 radical (unpaired) electrons. The van der Waals surface area contributed by atoms with E-state index in [2.05, 4.69) is 27.1 Å². The lowest BCUT2D eigenvalue weighted by Crippen LogP contribution is -2.33. The van der Waals surface area contributed by atoms with Crippen molar-refractivity contribution in [2.75, 3.05) is 25.4 Å². The molecule has 0 aliphatic carbocycles. The Morgan fingerprint density at radius 3 is 2.83 bits per heavy atom. The highest BCUT2D eigenvalue weighted by Crippen LogP contribution is 2.21. The topological polar surface area (TPSA) is 72.3 Å². The molecule has 1 saturated heterocycles. The minimum absolute atomic E-state index is 0.333. The lowest BCUT2D eigenvalue weighted by Gasteiger charge is -2.28. The molecule has 3 rings (SSSR count). The van der Waals surface area contributed by atoms with E-state index < -0.39 is 0 Å². The fourth-order valence-electron chi connectivity index (χ4n) is 2.57. The Labute approximate surface area is 110 Å². The van der Waals surface area contributed by atoms with Crippen LogP contribution in [-0.2, 0) is 0 Å². The van der Waals surface area contributed by atoms with Gasteiger partial charge in [0.25, 0.3) is 0 Å². The van der Waals surface area contributed by atoms with Gasteiger partial charge in [-0.2, -0.15) is 4.52 Å². The molecule has 7 heteroatoms. The normalized spacial score (nSPS) is 19.4. The van der Waals surface area contributed by atoms with Gasteiger partial charge in [-0.1, -0.05) is 24.7 Å². The van der Waals surface area contributed by atoms with E-state index in [1.165, 1.54) is 43.7 Å². The SMILES string of the molecule is CC(CN1CCCCC1)c1nnc2sc(N)nn12. The van der Waals surface area contributed by atoms with Crippen LogP contribution in [-0.4, -0.2) is 44.3 Å². The summed E-state index contributed by atoms with van der Waals surface area (Å²) < 4.78 is 1.79. The van der Waals surface area contributed by atoms with Crippen molar-refractivity contribution in [3.8, 4) is 0 Å². The summed E-state index contributed by atoms with van der Waals surface area (Å²) in [7, 11) is 0. The third kappa shape index (κ3) is 2.20. The minimum Gasteiger partial charge on any atom is -0.374 e. The molecular weight excluding hydrogens is 248 g/mol. The fourth-order valence-corrected chi connectivity index (χ4v) is 3.18. The van der Waals surface area contributed by atoms with E-state index in [0.29, 0.717) is 11.0 Å². The number of hydrogen-bond donors (Lipinski definition) is 1. The van der Waals surface area contributed by atoms with Crippen LogP contribution in [0.15, 0.2) is 0 Å². The van der Waals surface area contributed by atoms with Crippen LogP contribution >= 0.6 is 11.3 Å². The Morgan fingerprint density at radius 1 is 1.28 bits per heavy atom. The van der Waals surface area contributed by atoms with Gasteiger partial charge in [0.2, 0.25) is 10.1 Å². The average Bonchev–Trinajstić information content (AvgIpc) is 2.88. The van der Waals surface area contributed by atoms with Gasteiger partial charge in [0, 0.05) is 12.5 Å². The summed E-state index contributed by atoms with van der Waals surface area (Å²) in [5.74, 6) is 1.25. The van der Waals surface area contributed by atoms with Crippen LogP contribution in [0.1, 0.15) is 37.9 Å². The molecule has 1 fully saturated rings. The lowest BCUT2D eigenvalue weighted by atomic mass is 10.1. The van der Waals surface area contributed by atoms with Crippen LogP contribution in [0.4, 0.5) is 5.13 Å². The fraction of sp³-hybridized carbons (Fsp3) is 0.727. The molecule has 18 heavy (non-hydrogen) atoms. The van der Waals surface area contributed by atoms with E-state index >= 15 is 0 Å². The maximum Gasteiger partial charge on any atom is 0.236 e. The summed E-state index contributed by atoms with van der Waals surface area (Å²) in [5, 5.41) is 13.2. The second-order valence-corrected chi connectivity index (χ2v) is 5.94. The first-order chi connectivity index (χ1) is 8.74. The highest BCUT2D eigenvalue weighted by Gasteiger charge is 2.20. The van der Waals surface area contributed by atoms with Crippen molar-refractivity contribution < 1.29 is 0 Å². The zero-order chi connectivity index (χ0) is 12.5. The van der Waals surface area contributed by atoms with Crippen LogP contribution in [0, 0.1) is 0 Å². The van der Waals surface area contributed by atoms with Gasteiger partial charge in [-0.05, 0) is 25.9 Å². The van der Waals surface area contributed by atoms with E-state index in [0.717, 1.165) is 17.3 Å². The predicted molar refractivity (Wildman–Crippen MR) is 71.8 cm³/mol. The Balaban J connectivity index is 1.76. The molecule has 2 aromatic rings. The number of anilines is 1. The van der Waals surface area contributed by atoms with Crippen LogP contribution in [0.3, 0.4) is 0 Å². The van der Waals surface area contributed by atoms with Gasteiger partial charge in [0.05, 0.1) is 0 Å². The summed E-state index contributed by atoms with van der Waals surface area (Å²) in [6.07, 6.45) is 3.99. The number of nitrogens with zero attached hydrogens (tertiary/aromatic N) is 5. The smallest absolute Gasteiger partial charge is 0.236 e. The third-order valence-electron chi connectivity index (χ3n) is 3.45. The van der Waals surface area contributed by atoms with E-state index in [-0.39, 0.29) is 0 Å². The monoisotopic (exact) mass is 266 g/mol. The minimum atomic E-state index is 0.333. The predicted octanol–water partition coefficient (Wildman–Crippen LogP) is 1.36. The second kappa shape index (κ2) is 4.81. The molecular formula is C11H18N6S. The van der Waals surface area contributed by atoms with E-state index in [1.54, 1.807) is 4.52 Å². The Hall–Kier alpha value is -1.21. The van der Waals surface area contributed by atoms with Crippen molar-refractivity contribution in [2.24, 2.45) is 0 Å². The molecule has 2 aromatic heterocycles. The van der Waals surface area contributed by atoms with Crippen molar-refractivity contribution in [3.05, 3.63) is 5.82 Å². The molecule has 1 aliphatic heterocycles. The van der Waals surface area contributed by atoms with Gasteiger partial charge >= 0.3 is 0 Å². The zero-order valence-corrected chi connectivity index (χ0v) is 11.4. The standard InChI is InChI=1S/C11H18N6S/c1-8(7-16-5-3-2-4-6-16)9-13-14-11-17(9)15-10(12)18-11/h8H,2-7H2,1H3,(H2,12,15). The Bertz CT molecular complexity index is 527. The first kappa shape index (κ1) is 11.9. The molecule has 1 unspecified atom stereocenters. The quantitative estimate of drug-likeness (QED) is 0.908. The highest BCUT2D eigenvalue weighted by molar-refractivity contribution is 7.20. The van der Waals surface area contributed by atoms with Crippen LogP contribution < -0.4 is 5.73 Å². The number of piperidine rings is 1. The zero-order valence-electron chi connectivity index (χ0n) is 10.5. The van der Waals surface area contributed by atoms with Gasteiger partial charge in [0.15, 0.2) is 5.82 Å². The molecule has 98 valence electrons. The van der Waals surface area contributed by atoms with Gasteiger partial charge in [-0.15, -0.1) is 15.3 Å². The van der Waals surface area contributed by atoms with Gasteiger partial charge < -0.3 is 10.6 Å². The first-order valence-corrected chi connectivity index (χ1v) is 7.25. The number of nitrogens with two attached hydrogens (primary N) is 1. The van der Waals surface area contributed by atoms with Crippen LogP contribution in [0.2, 0.25) is 0 Å². The van der Waals surface area contributed by atoms with Crippen LogP contribution in [0.5, 0.6) is 0 Å². The number of nitrogen functional groups attached to an aromatic ring is 1. The average molecular weight is 266 g/mol. The van der Waals surface area contributed by atoms with Crippen molar-refractivity contribution in [1.29, 1.82) is 0 Å². The molecule has 0 amide bonds. The van der Waals surface area contributed by atoms with Gasteiger partial charge in [-0.25, -0.2) is 0 Å². The van der Waals surface area contributed by atoms with E-state index in [1.807, 2.05) is 0 Å². The molecule has 3 heterocycles. The molecule has 0 bridgehead atoms. The maximum atomic E-state index is 5.70. The van der Waals surface area contributed by atoms with Crippen LogP contribution in [0.25, 0.3) is 4.96 Å². The second-order valence-electron chi connectivity index (χ2n) is 4.96. The summed E-state index contributed by atoms with van der Waals surface area (Å²) >= 11 is 1.38. The number of hydrogen-bond acceptors (Lipinski definition) is 6. The van der Waals surface area contributed by atoms with Gasteiger partial charge in [0.1, 0.15) is 0 Å². The molecule has 0 aromatic carbocycles. The maximum absolute atomic E-state index is 5.70. The van der Waals surface area contributed by atoms with Crippen molar-refractivity contribution in [3.63, 3.8) is 0 Å². The highest BCUT2D eigenvalue weighted by atomic mass is 32.1. The van der Waals surface area contributed by atoms with Crippen molar-refractivity contribution in [2.45, 2.75) is 32.1 Å². The van der Waals surface area contributed by atoms with Crippen molar-refractivity contribution in [1.82, 2.24) is 24.7 Å². The molecule has 1 atom stereocenters. The van der Waals surface area contributed by atoms with E-state index in [9.17, 15) is 0 Å². The van der Waals surface area contributed by atoms with E-state index in [4.69, 9.17) is 5.73 Å². The summed E-state index contributed by atoms with van der Waals surface area (Å²) in [6.45, 7) is 5.61. The molecule has 0 spiro atoms. The summed E-state index contributed by atoms with van der Waals surface area (Å²) in [6, 6.07) is 0. The molecule has 1 aliphatic rings. The Morgan fingerprint density at radius 2 is 2.06 bits per heavy atom. The molecule has 6 nitrogen and oxygen atoms in total. The molecule has 2 N–H and O–H groups in total. The molecule has 0 saturated carbocycles.